The second-order valence-corrected chi connectivity index (χ2v) is 6.00. The maximum atomic E-state index is 10.7. The molecule has 1 fully saturated rings. The number of nitro groups is 1. The summed E-state index contributed by atoms with van der Waals surface area (Å²) in [7, 11) is 0. The average molecular weight is 308 g/mol. The molecule has 1 aromatic carbocycles. The number of aliphatic hydroxyl groups is 1. The number of nitrogens with one attached hydrogen (secondary N) is 1. The number of aromatic hydroxyl groups is 1. The number of nitro benzene ring substituents is 1. The summed E-state index contributed by atoms with van der Waals surface area (Å²) in [6.07, 6.45) is 6.15. The molecular formula is C16H24N2O4. The number of phenols is 1. The molecule has 0 amide bonds. The molecule has 2 rings (SSSR count). The Balaban J connectivity index is 1.72. The van der Waals surface area contributed by atoms with Gasteiger partial charge in [0.25, 0.3) is 5.69 Å². The first-order chi connectivity index (χ1) is 10.6. The molecule has 22 heavy (non-hydrogen) atoms. The fraction of sp³-hybridized carbons (Fsp3) is 0.625. The highest BCUT2D eigenvalue weighted by molar-refractivity contribution is 5.42. The summed E-state index contributed by atoms with van der Waals surface area (Å²) >= 11 is 0. The average Bonchev–Trinajstić information content (AvgIpc) is 2.50. The highest BCUT2D eigenvalue weighted by Crippen LogP contribution is 2.27. The number of aliphatic hydroxyl groups excluding tert-OH is 1. The minimum Gasteiger partial charge on any atom is -0.508 e. The molecule has 0 aliphatic heterocycles. The molecule has 1 aliphatic rings. The van der Waals surface area contributed by atoms with Crippen molar-refractivity contribution in [3.8, 4) is 5.75 Å². The number of nitrogens with zero attached hydrogens (tertiary/aromatic N) is 1. The molecule has 0 aromatic heterocycles. The second-order valence-electron chi connectivity index (χ2n) is 6.00. The van der Waals surface area contributed by atoms with E-state index in [9.17, 15) is 20.3 Å². The van der Waals surface area contributed by atoms with Gasteiger partial charge < -0.3 is 15.5 Å². The summed E-state index contributed by atoms with van der Waals surface area (Å²) in [5, 5.41) is 33.5. The van der Waals surface area contributed by atoms with E-state index in [1.54, 1.807) is 0 Å². The van der Waals surface area contributed by atoms with Crippen molar-refractivity contribution in [2.75, 3.05) is 6.54 Å². The Morgan fingerprint density at radius 3 is 2.82 bits per heavy atom. The van der Waals surface area contributed by atoms with Crippen LogP contribution in [-0.2, 0) is 6.54 Å². The first kappa shape index (κ1) is 16.7. The summed E-state index contributed by atoms with van der Waals surface area (Å²) in [6, 6.07) is 4.05. The number of non-ortho nitro benzene ring substituents is 1. The molecule has 0 saturated heterocycles. The van der Waals surface area contributed by atoms with Gasteiger partial charge in [-0.3, -0.25) is 10.1 Å². The van der Waals surface area contributed by atoms with Crippen molar-refractivity contribution in [3.05, 3.63) is 33.9 Å². The molecule has 2 unspecified atom stereocenters. The highest BCUT2D eigenvalue weighted by Gasteiger charge is 2.22. The van der Waals surface area contributed by atoms with E-state index in [-0.39, 0.29) is 17.5 Å². The Labute approximate surface area is 130 Å². The lowest BCUT2D eigenvalue weighted by Gasteiger charge is -2.27. The van der Waals surface area contributed by atoms with Crippen molar-refractivity contribution in [1.82, 2.24) is 5.32 Å². The first-order valence-corrected chi connectivity index (χ1v) is 7.93. The van der Waals surface area contributed by atoms with Crippen molar-refractivity contribution < 1.29 is 15.1 Å². The molecule has 0 bridgehead atoms. The summed E-state index contributed by atoms with van der Waals surface area (Å²) in [5.41, 5.74) is 0.520. The van der Waals surface area contributed by atoms with Gasteiger partial charge >= 0.3 is 0 Å². The van der Waals surface area contributed by atoms with Crippen LogP contribution in [0.3, 0.4) is 0 Å². The largest absolute Gasteiger partial charge is 0.508 e. The molecule has 6 nitrogen and oxygen atoms in total. The van der Waals surface area contributed by atoms with Gasteiger partial charge in [0.05, 0.1) is 11.0 Å². The zero-order chi connectivity index (χ0) is 15.9. The molecule has 2 atom stereocenters. The molecule has 6 heteroatoms. The van der Waals surface area contributed by atoms with Gasteiger partial charge in [-0.2, -0.15) is 0 Å². The van der Waals surface area contributed by atoms with Crippen LogP contribution in [0.25, 0.3) is 0 Å². The Morgan fingerprint density at radius 1 is 1.32 bits per heavy atom. The third-order valence-electron chi connectivity index (χ3n) is 4.39. The van der Waals surface area contributed by atoms with E-state index < -0.39 is 4.92 Å². The van der Waals surface area contributed by atoms with Gasteiger partial charge in [0.1, 0.15) is 5.75 Å². The zero-order valence-electron chi connectivity index (χ0n) is 12.7. The number of hydrogen-bond acceptors (Lipinski definition) is 5. The summed E-state index contributed by atoms with van der Waals surface area (Å²) in [5.74, 6) is 0.475. The number of rotatable bonds is 7. The number of benzene rings is 1. The van der Waals surface area contributed by atoms with Gasteiger partial charge in [0.15, 0.2) is 0 Å². The summed E-state index contributed by atoms with van der Waals surface area (Å²) in [6.45, 7) is 1.17. The molecule has 1 aromatic rings. The normalized spacial score (nSPS) is 21.7. The van der Waals surface area contributed by atoms with E-state index in [1.165, 1.54) is 24.6 Å². The summed E-state index contributed by atoms with van der Waals surface area (Å²) in [4.78, 5) is 10.3. The van der Waals surface area contributed by atoms with Gasteiger partial charge in [-0.15, -0.1) is 0 Å². The first-order valence-electron chi connectivity index (χ1n) is 7.93. The van der Waals surface area contributed by atoms with Crippen molar-refractivity contribution in [3.63, 3.8) is 0 Å². The van der Waals surface area contributed by atoms with Gasteiger partial charge in [-0.05, 0) is 44.2 Å². The van der Waals surface area contributed by atoms with Gasteiger partial charge in [-0.1, -0.05) is 12.8 Å². The predicted octanol–water partition coefficient (Wildman–Crippen LogP) is 2.72. The SMILES string of the molecule is O=[N+]([O-])c1ccc(O)c(CNCCCC2CCCCC2O)c1. The van der Waals surface area contributed by atoms with Crippen molar-refractivity contribution in [1.29, 1.82) is 0 Å². The standard InChI is InChI=1S/C16H24N2O4/c19-15-6-2-1-4-12(15)5-3-9-17-11-13-10-14(18(21)22)7-8-16(13)20/h7-8,10,12,15,17,19-20H,1-6,9,11H2. The van der Waals surface area contributed by atoms with Crippen LogP contribution in [0.2, 0.25) is 0 Å². The molecule has 1 saturated carbocycles. The summed E-state index contributed by atoms with van der Waals surface area (Å²) < 4.78 is 0. The van der Waals surface area contributed by atoms with Crippen LogP contribution < -0.4 is 5.32 Å². The highest BCUT2D eigenvalue weighted by atomic mass is 16.6. The van der Waals surface area contributed by atoms with E-state index in [1.807, 2.05) is 0 Å². The van der Waals surface area contributed by atoms with Gasteiger partial charge in [0.2, 0.25) is 0 Å². The van der Waals surface area contributed by atoms with E-state index in [2.05, 4.69) is 5.32 Å². The third-order valence-corrected chi connectivity index (χ3v) is 4.39. The minimum atomic E-state index is -0.465. The minimum absolute atomic E-state index is 0.0140. The molecule has 122 valence electrons. The Bertz CT molecular complexity index is 507. The fourth-order valence-corrected chi connectivity index (χ4v) is 3.06. The van der Waals surface area contributed by atoms with Crippen LogP contribution in [0.5, 0.6) is 5.75 Å². The van der Waals surface area contributed by atoms with Crippen LogP contribution in [0.4, 0.5) is 5.69 Å². The molecule has 0 spiro atoms. The predicted molar refractivity (Wildman–Crippen MR) is 83.7 cm³/mol. The topological polar surface area (TPSA) is 95.6 Å². The van der Waals surface area contributed by atoms with Crippen molar-refractivity contribution in [2.24, 2.45) is 5.92 Å². The van der Waals surface area contributed by atoms with Crippen molar-refractivity contribution >= 4 is 5.69 Å². The number of phenolic OH excluding ortho intramolecular Hbond substituents is 1. The molecule has 0 radical (unpaired) electrons. The Hall–Kier alpha value is -1.66. The van der Waals surface area contributed by atoms with E-state index in [0.29, 0.717) is 18.0 Å². The third kappa shape index (κ3) is 4.68. The van der Waals surface area contributed by atoms with Crippen LogP contribution in [-0.4, -0.2) is 27.8 Å². The zero-order valence-corrected chi connectivity index (χ0v) is 12.7. The van der Waals surface area contributed by atoms with E-state index >= 15 is 0 Å². The van der Waals surface area contributed by atoms with E-state index in [0.717, 1.165) is 38.6 Å². The lowest BCUT2D eigenvalue weighted by atomic mass is 9.83. The maximum absolute atomic E-state index is 10.7. The molecular weight excluding hydrogens is 284 g/mol. The van der Waals surface area contributed by atoms with E-state index in [4.69, 9.17) is 0 Å². The second kappa shape index (κ2) is 8.10. The molecule has 1 aliphatic carbocycles. The molecule has 3 N–H and O–H groups in total. The Morgan fingerprint density at radius 2 is 2.09 bits per heavy atom. The van der Waals surface area contributed by atoms with Gasteiger partial charge in [0, 0.05) is 24.2 Å². The quantitative estimate of drug-likeness (QED) is 0.409. The lowest BCUT2D eigenvalue weighted by Crippen LogP contribution is -2.25. The van der Waals surface area contributed by atoms with Crippen LogP contribution in [0.1, 0.15) is 44.1 Å². The van der Waals surface area contributed by atoms with Crippen LogP contribution >= 0.6 is 0 Å². The van der Waals surface area contributed by atoms with Crippen LogP contribution in [0, 0.1) is 16.0 Å². The smallest absolute Gasteiger partial charge is 0.270 e. The maximum Gasteiger partial charge on any atom is 0.270 e. The molecule has 0 heterocycles. The van der Waals surface area contributed by atoms with Gasteiger partial charge in [-0.25, -0.2) is 0 Å². The monoisotopic (exact) mass is 308 g/mol. The lowest BCUT2D eigenvalue weighted by molar-refractivity contribution is -0.384. The van der Waals surface area contributed by atoms with Crippen LogP contribution in [0.15, 0.2) is 18.2 Å². The number of hydrogen-bond donors (Lipinski definition) is 3. The fourth-order valence-electron chi connectivity index (χ4n) is 3.06. The Kier molecular flexibility index (Phi) is 6.15. The van der Waals surface area contributed by atoms with Crippen molar-refractivity contribution in [2.45, 2.75) is 51.2 Å².